The van der Waals surface area contributed by atoms with Gasteiger partial charge in [0.2, 0.25) is 11.8 Å². The number of imide groups is 1. The molecule has 4 nitrogen and oxygen atoms in total. The SMILES string of the molecule is O=C1C[C@H]2CC[C@@H]1[C@H]1C(=O)N(c3cc(C(F)(F)F)ccc3Cl)C(=O)[C@@H]21. The van der Waals surface area contributed by atoms with Crippen molar-refractivity contribution in [3.8, 4) is 0 Å². The first-order valence-electron chi connectivity index (χ1n) is 7.97. The highest BCUT2D eigenvalue weighted by atomic mass is 35.5. The van der Waals surface area contributed by atoms with Crippen molar-refractivity contribution in [3.63, 3.8) is 0 Å². The predicted molar refractivity (Wildman–Crippen MR) is 81.8 cm³/mol. The predicted octanol–water partition coefficient (Wildman–Crippen LogP) is 3.46. The first-order chi connectivity index (χ1) is 11.7. The average molecular weight is 372 g/mol. The van der Waals surface area contributed by atoms with Crippen molar-refractivity contribution in [2.24, 2.45) is 23.7 Å². The summed E-state index contributed by atoms with van der Waals surface area (Å²) in [5.41, 5.74) is -1.24. The van der Waals surface area contributed by atoms with Crippen LogP contribution in [0.3, 0.4) is 0 Å². The molecule has 1 aromatic rings. The van der Waals surface area contributed by atoms with Crippen molar-refractivity contribution in [1.29, 1.82) is 0 Å². The first kappa shape index (κ1) is 16.6. The fraction of sp³-hybridized carbons (Fsp3) is 0.471. The molecule has 0 spiro atoms. The zero-order chi connectivity index (χ0) is 18.1. The van der Waals surface area contributed by atoms with E-state index >= 15 is 0 Å². The molecule has 1 saturated heterocycles. The molecule has 0 radical (unpaired) electrons. The number of carbonyl (C=O) groups excluding carboxylic acids is 3. The minimum absolute atomic E-state index is 0.0318. The number of benzene rings is 1. The van der Waals surface area contributed by atoms with Crippen molar-refractivity contribution in [2.75, 3.05) is 4.90 Å². The van der Waals surface area contributed by atoms with E-state index in [4.69, 9.17) is 11.6 Å². The molecule has 4 aliphatic rings. The van der Waals surface area contributed by atoms with Crippen molar-refractivity contribution in [3.05, 3.63) is 28.8 Å². The molecule has 0 aromatic heterocycles. The molecule has 3 aliphatic carbocycles. The Kier molecular flexibility index (Phi) is 3.51. The summed E-state index contributed by atoms with van der Waals surface area (Å²) in [6.07, 6.45) is -3.13. The number of nitrogens with zero attached hydrogens (tertiary/aromatic N) is 1. The molecule has 0 unspecified atom stereocenters. The Morgan fingerprint density at radius 2 is 1.72 bits per heavy atom. The van der Waals surface area contributed by atoms with Crippen LogP contribution in [0, 0.1) is 23.7 Å². The molecule has 2 amide bonds. The van der Waals surface area contributed by atoms with Gasteiger partial charge in [0, 0.05) is 12.3 Å². The Balaban J connectivity index is 1.79. The van der Waals surface area contributed by atoms with Crippen LogP contribution in [0.5, 0.6) is 0 Å². The Hall–Kier alpha value is -1.89. The van der Waals surface area contributed by atoms with Crippen molar-refractivity contribution < 1.29 is 27.6 Å². The standard InChI is InChI=1S/C17H13ClF3NO3/c18-10-4-2-8(17(19,20)21)6-11(10)22-15(24)13-7-1-3-9(12(23)5-7)14(13)16(22)25/h2,4,6-7,9,13-14H,1,3,5H2/t7-,9+,13+,14-/m1/s1. The maximum Gasteiger partial charge on any atom is 0.416 e. The number of hydrogen-bond donors (Lipinski definition) is 0. The number of carbonyl (C=O) groups is 3. The lowest BCUT2D eigenvalue weighted by atomic mass is 9.59. The van der Waals surface area contributed by atoms with E-state index in [1.807, 2.05) is 0 Å². The van der Waals surface area contributed by atoms with E-state index in [0.717, 1.165) is 23.1 Å². The number of fused-ring (bicyclic) bond motifs is 2. The molecular weight excluding hydrogens is 359 g/mol. The number of anilines is 1. The molecular formula is C17H13ClF3NO3. The summed E-state index contributed by atoms with van der Waals surface area (Å²) in [5, 5.41) is -0.105. The highest BCUT2D eigenvalue weighted by Crippen LogP contribution is 2.53. The summed E-state index contributed by atoms with van der Waals surface area (Å²) >= 11 is 5.99. The largest absolute Gasteiger partial charge is 0.416 e. The lowest BCUT2D eigenvalue weighted by Gasteiger charge is -2.41. The van der Waals surface area contributed by atoms with Gasteiger partial charge in [-0.25, -0.2) is 4.90 Å². The third-order valence-electron chi connectivity index (χ3n) is 5.58. The maximum absolute atomic E-state index is 13.0. The first-order valence-corrected chi connectivity index (χ1v) is 8.35. The molecule has 1 aromatic carbocycles. The van der Waals surface area contributed by atoms with E-state index in [-0.39, 0.29) is 28.8 Å². The quantitative estimate of drug-likeness (QED) is 0.710. The molecule has 4 fully saturated rings. The summed E-state index contributed by atoms with van der Waals surface area (Å²) in [6, 6.07) is 2.55. The molecule has 0 N–H and O–H groups in total. The number of alkyl halides is 3. The third-order valence-corrected chi connectivity index (χ3v) is 5.90. The number of halogens is 4. The van der Waals surface area contributed by atoms with E-state index in [9.17, 15) is 27.6 Å². The van der Waals surface area contributed by atoms with E-state index in [1.54, 1.807) is 0 Å². The summed E-state index contributed by atoms with van der Waals surface area (Å²) in [5.74, 6) is -3.31. The van der Waals surface area contributed by atoms with Gasteiger partial charge in [-0.15, -0.1) is 0 Å². The molecule has 25 heavy (non-hydrogen) atoms. The Morgan fingerprint density at radius 3 is 2.36 bits per heavy atom. The summed E-state index contributed by atoms with van der Waals surface area (Å²) in [4.78, 5) is 38.5. The van der Waals surface area contributed by atoms with Gasteiger partial charge in [-0.2, -0.15) is 13.2 Å². The normalized spacial score (nSPS) is 31.7. The van der Waals surface area contributed by atoms with Gasteiger partial charge < -0.3 is 0 Å². The average Bonchev–Trinajstić information content (AvgIpc) is 2.81. The van der Waals surface area contributed by atoms with Crippen LogP contribution < -0.4 is 4.90 Å². The number of amides is 2. The third kappa shape index (κ3) is 2.32. The lowest BCUT2D eigenvalue weighted by Crippen LogP contribution is -2.46. The van der Waals surface area contributed by atoms with Gasteiger partial charge in [0.15, 0.2) is 0 Å². The Morgan fingerprint density at radius 1 is 1.04 bits per heavy atom. The second kappa shape index (κ2) is 5.30. The smallest absolute Gasteiger partial charge is 0.299 e. The van der Waals surface area contributed by atoms with E-state index in [2.05, 4.69) is 0 Å². The monoisotopic (exact) mass is 371 g/mol. The van der Waals surface area contributed by atoms with Crippen LogP contribution in [-0.4, -0.2) is 17.6 Å². The second-order valence-corrected chi connectivity index (χ2v) is 7.25. The van der Waals surface area contributed by atoms with Crippen molar-refractivity contribution in [1.82, 2.24) is 0 Å². The van der Waals surface area contributed by atoms with E-state index in [1.165, 1.54) is 0 Å². The summed E-state index contributed by atoms with van der Waals surface area (Å²) in [6.45, 7) is 0. The van der Waals surface area contributed by atoms with Crippen LogP contribution in [0.4, 0.5) is 18.9 Å². The molecule has 8 heteroatoms. The molecule has 4 atom stereocenters. The molecule has 5 rings (SSSR count). The Bertz CT molecular complexity index is 807. The van der Waals surface area contributed by atoms with Crippen LogP contribution in [0.25, 0.3) is 0 Å². The minimum Gasteiger partial charge on any atom is -0.299 e. The van der Waals surface area contributed by atoms with Gasteiger partial charge in [0.1, 0.15) is 5.78 Å². The molecule has 2 bridgehead atoms. The van der Waals surface area contributed by atoms with Gasteiger partial charge in [-0.1, -0.05) is 11.6 Å². The van der Waals surface area contributed by atoms with Gasteiger partial charge in [-0.3, -0.25) is 14.4 Å². The zero-order valence-corrected chi connectivity index (χ0v) is 13.6. The van der Waals surface area contributed by atoms with Crippen LogP contribution >= 0.6 is 11.6 Å². The van der Waals surface area contributed by atoms with Crippen LogP contribution in [0.1, 0.15) is 24.8 Å². The number of hydrogen-bond acceptors (Lipinski definition) is 3. The summed E-state index contributed by atoms with van der Waals surface area (Å²) < 4.78 is 39.0. The van der Waals surface area contributed by atoms with Crippen molar-refractivity contribution >= 4 is 34.9 Å². The minimum atomic E-state index is -4.62. The molecule has 1 heterocycles. The topological polar surface area (TPSA) is 54.5 Å². The summed E-state index contributed by atoms with van der Waals surface area (Å²) in [7, 11) is 0. The fourth-order valence-corrected chi connectivity index (χ4v) is 4.68. The molecule has 132 valence electrons. The number of Topliss-reactive ketones (excluding diaryl/α,β-unsaturated/α-hetero) is 1. The lowest BCUT2D eigenvalue weighted by molar-refractivity contribution is -0.143. The van der Waals surface area contributed by atoms with E-state index in [0.29, 0.717) is 12.8 Å². The zero-order valence-electron chi connectivity index (χ0n) is 12.8. The van der Waals surface area contributed by atoms with Crippen LogP contribution in [-0.2, 0) is 20.6 Å². The second-order valence-electron chi connectivity index (χ2n) is 6.84. The Labute approximate surface area is 145 Å². The van der Waals surface area contributed by atoms with Gasteiger partial charge in [0.05, 0.1) is 28.1 Å². The van der Waals surface area contributed by atoms with Gasteiger partial charge in [0.25, 0.3) is 0 Å². The van der Waals surface area contributed by atoms with Crippen molar-refractivity contribution in [2.45, 2.75) is 25.4 Å². The van der Waals surface area contributed by atoms with Gasteiger partial charge in [-0.05, 0) is 37.0 Å². The van der Waals surface area contributed by atoms with Gasteiger partial charge >= 0.3 is 6.18 Å². The van der Waals surface area contributed by atoms with Crippen LogP contribution in [0.15, 0.2) is 18.2 Å². The van der Waals surface area contributed by atoms with Crippen LogP contribution in [0.2, 0.25) is 5.02 Å². The maximum atomic E-state index is 13.0. The highest BCUT2D eigenvalue weighted by molar-refractivity contribution is 6.36. The number of rotatable bonds is 1. The molecule has 1 aliphatic heterocycles. The van der Waals surface area contributed by atoms with E-state index < -0.39 is 41.3 Å². The number of ketones is 1. The fourth-order valence-electron chi connectivity index (χ4n) is 4.48. The molecule has 3 saturated carbocycles. The highest BCUT2D eigenvalue weighted by Gasteiger charge is 2.61.